The summed E-state index contributed by atoms with van der Waals surface area (Å²) in [6.45, 7) is 6.02. The molecule has 2 aromatic heterocycles. The zero-order valence-electron chi connectivity index (χ0n) is 20.0. The van der Waals surface area contributed by atoms with Gasteiger partial charge in [0.15, 0.2) is 0 Å². The Hall–Kier alpha value is -3.85. The summed E-state index contributed by atoms with van der Waals surface area (Å²) in [4.78, 5) is 30.1. The lowest BCUT2D eigenvalue weighted by atomic mass is 10.2. The molecule has 8 nitrogen and oxygen atoms in total. The van der Waals surface area contributed by atoms with Crippen molar-refractivity contribution in [2.24, 2.45) is 0 Å². The van der Waals surface area contributed by atoms with Gasteiger partial charge in [-0.3, -0.25) is 15.0 Å². The molecule has 0 unspecified atom stereocenters. The predicted octanol–water partition coefficient (Wildman–Crippen LogP) is 6.52. The summed E-state index contributed by atoms with van der Waals surface area (Å²) in [7, 11) is 1.69. The monoisotopic (exact) mass is 490 g/mol. The van der Waals surface area contributed by atoms with Gasteiger partial charge in [0.2, 0.25) is 0 Å². The molecule has 0 saturated heterocycles. The maximum atomic E-state index is 12.5. The van der Waals surface area contributed by atoms with E-state index >= 15 is 0 Å². The van der Waals surface area contributed by atoms with Crippen molar-refractivity contribution in [3.05, 3.63) is 88.7 Å². The fourth-order valence-electron chi connectivity index (χ4n) is 3.57. The SMILES string of the molecule is CN(C(=O)OC(C)(C)C)c1ccc2ccn(Cc3cccnc3Sc3ccccc3[N+](=O)[O-])c2c1. The minimum atomic E-state index is -0.585. The largest absolute Gasteiger partial charge is 0.443 e. The van der Waals surface area contributed by atoms with Crippen LogP contribution in [0.1, 0.15) is 26.3 Å². The Morgan fingerprint density at radius 2 is 1.91 bits per heavy atom. The van der Waals surface area contributed by atoms with E-state index < -0.39 is 11.7 Å². The Morgan fingerprint density at radius 1 is 1.14 bits per heavy atom. The van der Waals surface area contributed by atoms with E-state index in [-0.39, 0.29) is 10.6 Å². The van der Waals surface area contributed by atoms with E-state index in [0.717, 1.165) is 16.5 Å². The van der Waals surface area contributed by atoms with Crippen LogP contribution in [0.3, 0.4) is 0 Å². The molecule has 180 valence electrons. The maximum absolute atomic E-state index is 12.5. The van der Waals surface area contributed by atoms with Crippen LogP contribution in [0.15, 0.2) is 83.0 Å². The third kappa shape index (κ3) is 5.63. The average molecular weight is 491 g/mol. The van der Waals surface area contributed by atoms with E-state index in [2.05, 4.69) is 9.55 Å². The molecule has 0 N–H and O–H groups in total. The molecule has 1 amide bonds. The lowest BCUT2D eigenvalue weighted by Gasteiger charge is -2.24. The molecule has 2 heterocycles. The van der Waals surface area contributed by atoms with Crippen LogP contribution in [0.4, 0.5) is 16.2 Å². The number of nitro benzene ring substituents is 1. The molecule has 0 radical (unpaired) electrons. The summed E-state index contributed by atoms with van der Waals surface area (Å²) in [6, 6.07) is 18.3. The van der Waals surface area contributed by atoms with Crippen LogP contribution < -0.4 is 4.90 Å². The second-order valence-corrected chi connectivity index (χ2v) is 10.1. The Balaban J connectivity index is 1.63. The number of rotatable bonds is 6. The lowest BCUT2D eigenvalue weighted by molar-refractivity contribution is -0.387. The average Bonchev–Trinajstić information content (AvgIpc) is 3.21. The van der Waals surface area contributed by atoms with Crippen LogP contribution in [0.2, 0.25) is 0 Å². The minimum absolute atomic E-state index is 0.0512. The first-order chi connectivity index (χ1) is 16.6. The number of hydrogen-bond acceptors (Lipinski definition) is 6. The highest BCUT2D eigenvalue weighted by molar-refractivity contribution is 7.99. The molecule has 0 spiro atoms. The maximum Gasteiger partial charge on any atom is 0.414 e. The number of nitro groups is 1. The topological polar surface area (TPSA) is 90.5 Å². The van der Waals surface area contributed by atoms with Crippen molar-refractivity contribution in [1.82, 2.24) is 9.55 Å². The van der Waals surface area contributed by atoms with Gasteiger partial charge in [0, 0.05) is 36.8 Å². The predicted molar refractivity (Wildman–Crippen MR) is 137 cm³/mol. The number of hydrogen-bond donors (Lipinski definition) is 0. The molecule has 0 atom stereocenters. The molecule has 0 aliphatic carbocycles. The van der Waals surface area contributed by atoms with Crippen molar-refractivity contribution in [3.8, 4) is 0 Å². The second kappa shape index (κ2) is 9.79. The summed E-state index contributed by atoms with van der Waals surface area (Å²) < 4.78 is 7.57. The van der Waals surface area contributed by atoms with E-state index in [9.17, 15) is 14.9 Å². The molecule has 9 heteroatoms. The van der Waals surface area contributed by atoms with Gasteiger partial charge in [0.25, 0.3) is 5.69 Å². The fraction of sp³-hybridized carbons (Fsp3) is 0.231. The number of carbonyl (C=O) groups is 1. The molecule has 4 aromatic rings. The van der Waals surface area contributed by atoms with Crippen LogP contribution >= 0.6 is 11.8 Å². The number of nitrogens with zero attached hydrogens (tertiary/aromatic N) is 4. The van der Waals surface area contributed by atoms with Crippen LogP contribution in [0.5, 0.6) is 0 Å². The van der Waals surface area contributed by atoms with Crippen LogP contribution in [0.25, 0.3) is 10.9 Å². The molecule has 0 bridgehead atoms. The third-order valence-corrected chi connectivity index (χ3v) is 6.40. The first-order valence-corrected chi connectivity index (χ1v) is 11.8. The van der Waals surface area contributed by atoms with Crippen molar-refractivity contribution in [1.29, 1.82) is 0 Å². The first kappa shape index (κ1) is 24.3. The molecular weight excluding hydrogens is 464 g/mol. The molecule has 35 heavy (non-hydrogen) atoms. The third-order valence-electron chi connectivity index (χ3n) is 5.27. The number of anilines is 1. The zero-order chi connectivity index (χ0) is 25.2. The van der Waals surface area contributed by atoms with Crippen molar-refractivity contribution in [2.45, 2.75) is 42.8 Å². The number of amides is 1. The van der Waals surface area contributed by atoms with E-state index in [1.165, 1.54) is 22.7 Å². The van der Waals surface area contributed by atoms with Gasteiger partial charge >= 0.3 is 6.09 Å². The van der Waals surface area contributed by atoms with Crippen LogP contribution in [0, 0.1) is 10.1 Å². The highest BCUT2D eigenvalue weighted by Crippen LogP contribution is 2.35. The Morgan fingerprint density at radius 3 is 2.66 bits per heavy atom. The summed E-state index contributed by atoms with van der Waals surface area (Å²) in [5.74, 6) is 0. The Kier molecular flexibility index (Phi) is 6.79. The highest BCUT2D eigenvalue weighted by Gasteiger charge is 2.21. The van der Waals surface area contributed by atoms with Crippen molar-refractivity contribution in [2.75, 3.05) is 11.9 Å². The van der Waals surface area contributed by atoms with Gasteiger partial charge in [-0.25, -0.2) is 9.78 Å². The first-order valence-electron chi connectivity index (χ1n) is 11.0. The van der Waals surface area contributed by atoms with Crippen LogP contribution in [-0.2, 0) is 11.3 Å². The molecule has 0 fully saturated rings. The summed E-state index contributed by atoms with van der Waals surface area (Å²) >= 11 is 1.28. The van der Waals surface area contributed by atoms with Gasteiger partial charge < -0.3 is 9.30 Å². The standard InChI is InChI=1S/C26H26N4O4S/c1-26(2,3)34-25(31)28(4)20-12-11-18-13-15-29(22(18)16-20)17-19-8-7-14-27-24(19)35-23-10-6-5-9-21(23)30(32)33/h5-16H,17H2,1-4H3. The zero-order valence-corrected chi connectivity index (χ0v) is 20.8. The number of benzene rings is 2. The van der Waals surface area contributed by atoms with Gasteiger partial charge in [0.05, 0.1) is 21.9 Å². The van der Waals surface area contributed by atoms with E-state index in [1.807, 2.05) is 63.4 Å². The Labute approximate surface area is 207 Å². The number of pyridine rings is 1. The van der Waals surface area contributed by atoms with Crippen LogP contribution in [-0.4, -0.2) is 33.2 Å². The fourth-order valence-corrected chi connectivity index (χ4v) is 4.55. The van der Waals surface area contributed by atoms with Gasteiger partial charge in [0.1, 0.15) is 10.6 Å². The van der Waals surface area contributed by atoms with Gasteiger partial charge in [-0.05, 0) is 56.5 Å². The number of fused-ring (bicyclic) bond motifs is 1. The summed E-state index contributed by atoms with van der Waals surface area (Å²) in [5.41, 5.74) is 2.06. The number of ether oxygens (including phenoxy) is 1. The van der Waals surface area contributed by atoms with Gasteiger partial charge in [-0.1, -0.05) is 36.0 Å². The molecule has 2 aromatic carbocycles. The number of carbonyl (C=O) groups excluding carboxylic acids is 1. The molecule has 4 rings (SSSR count). The molecule has 0 aliphatic rings. The Bertz CT molecular complexity index is 1390. The summed E-state index contributed by atoms with van der Waals surface area (Å²) in [6.07, 6.45) is 3.24. The molecule has 0 saturated carbocycles. The van der Waals surface area contributed by atoms with E-state index in [0.29, 0.717) is 22.2 Å². The van der Waals surface area contributed by atoms with E-state index in [4.69, 9.17) is 4.74 Å². The smallest absolute Gasteiger partial charge is 0.414 e. The minimum Gasteiger partial charge on any atom is -0.443 e. The number of aromatic nitrogens is 2. The normalized spacial score (nSPS) is 11.4. The highest BCUT2D eigenvalue weighted by atomic mass is 32.2. The van der Waals surface area contributed by atoms with Gasteiger partial charge in [-0.2, -0.15) is 0 Å². The van der Waals surface area contributed by atoms with Crippen molar-refractivity contribution in [3.63, 3.8) is 0 Å². The van der Waals surface area contributed by atoms with Gasteiger partial charge in [-0.15, -0.1) is 0 Å². The second-order valence-electron chi connectivity index (χ2n) is 9.02. The quantitative estimate of drug-likeness (QED) is 0.226. The lowest BCUT2D eigenvalue weighted by Crippen LogP contribution is -2.34. The van der Waals surface area contributed by atoms with Crippen molar-refractivity contribution >= 4 is 40.1 Å². The molecular formula is C26H26N4O4S. The number of para-hydroxylation sites is 1. The van der Waals surface area contributed by atoms with Crippen molar-refractivity contribution < 1.29 is 14.5 Å². The molecule has 0 aliphatic heterocycles. The van der Waals surface area contributed by atoms with E-state index in [1.54, 1.807) is 31.4 Å². The summed E-state index contributed by atoms with van der Waals surface area (Å²) in [5, 5.41) is 13.2.